The van der Waals surface area contributed by atoms with E-state index in [1.54, 1.807) is 29.6 Å². The number of carboxylic acids is 1. The molecule has 9 heteroatoms. The zero-order chi connectivity index (χ0) is 23.7. The predicted octanol–water partition coefficient (Wildman–Crippen LogP) is 5.64. The van der Waals surface area contributed by atoms with E-state index in [1.807, 2.05) is 30.3 Å². The molecule has 5 aromatic rings. The third-order valence-electron chi connectivity index (χ3n) is 5.03. The van der Waals surface area contributed by atoms with Gasteiger partial charge in [-0.15, -0.1) is 11.3 Å². The zero-order valence-corrected chi connectivity index (χ0v) is 18.3. The van der Waals surface area contributed by atoms with E-state index in [9.17, 15) is 14.0 Å². The van der Waals surface area contributed by atoms with Crippen LogP contribution in [0.25, 0.3) is 33.1 Å². The number of carbonyl (C=O) groups excluding carboxylic acids is 1. The van der Waals surface area contributed by atoms with Crippen molar-refractivity contribution in [3.63, 3.8) is 0 Å². The van der Waals surface area contributed by atoms with Gasteiger partial charge in [0.25, 0.3) is 5.91 Å². The zero-order valence-electron chi connectivity index (χ0n) is 17.5. The third-order valence-corrected chi connectivity index (χ3v) is 5.92. The van der Waals surface area contributed by atoms with E-state index in [2.05, 4.69) is 15.3 Å². The van der Waals surface area contributed by atoms with Crippen LogP contribution in [-0.2, 0) is 11.2 Å². The molecule has 0 saturated heterocycles. The molecule has 0 aliphatic heterocycles. The minimum absolute atomic E-state index is 0.00265. The van der Waals surface area contributed by atoms with Gasteiger partial charge in [0, 0.05) is 16.5 Å². The number of aliphatic carboxylic acids is 1. The number of hydrogen-bond acceptors (Lipinski definition) is 6. The van der Waals surface area contributed by atoms with Crippen molar-refractivity contribution in [1.82, 2.24) is 9.97 Å². The molecule has 5 rings (SSSR count). The molecular formula is C25H16FN3O4S. The number of aromatic nitrogens is 2. The summed E-state index contributed by atoms with van der Waals surface area (Å²) in [6.45, 7) is 0. The van der Waals surface area contributed by atoms with Crippen molar-refractivity contribution in [2.45, 2.75) is 6.42 Å². The van der Waals surface area contributed by atoms with Gasteiger partial charge in [0.2, 0.25) is 5.89 Å². The molecule has 0 spiro atoms. The van der Waals surface area contributed by atoms with E-state index >= 15 is 0 Å². The van der Waals surface area contributed by atoms with Crippen LogP contribution in [0, 0.1) is 5.82 Å². The fraction of sp³-hybridized carbons (Fsp3) is 0.0400. The van der Waals surface area contributed by atoms with Crippen LogP contribution in [0.3, 0.4) is 0 Å². The molecule has 0 unspecified atom stereocenters. The number of amides is 1. The second-order valence-electron chi connectivity index (χ2n) is 7.44. The summed E-state index contributed by atoms with van der Waals surface area (Å²) < 4.78 is 20.5. The minimum atomic E-state index is -0.947. The molecule has 0 aliphatic rings. The van der Waals surface area contributed by atoms with Crippen molar-refractivity contribution < 1.29 is 23.5 Å². The lowest BCUT2D eigenvalue weighted by molar-refractivity contribution is -0.136. The van der Waals surface area contributed by atoms with Gasteiger partial charge in [0.05, 0.1) is 12.1 Å². The molecule has 0 bridgehead atoms. The Morgan fingerprint density at radius 2 is 1.82 bits per heavy atom. The van der Waals surface area contributed by atoms with E-state index in [0.29, 0.717) is 27.2 Å². The quantitative estimate of drug-likeness (QED) is 0.331. The van der Waals surface area contributed by atoms with Gasteiger partial charge in [0.1, 0.15) is 22.0 Å². The molecule has 2 aromatic heterocycles. The first-order valence-corrected chi connectivity index (χ1v) is 11.1. The van der Waals surface area contributed by atoms with Crippen molar-refractivity contribution in [1.29, 1.82) is 0 Å². The molecule has 3 aromatic carbocycles. The van der Waals surface area contributed by atoms with Crippen LogP contribution < -0.4 is 5.32 Å². The van der Waals surface area contributed by atoms with E-state index in [0.717, 1.165) is 5.56 Å². The van der Waals surface area contributed by atoms with Crippen LogP contribution in [0.4, 0.5) is 10.1 Å². The Hall–Kier alpha value is -4.37. The molecule has 168 valence electrons. The number of oxazole rings is 1. The van der Waals surface area contributed by atoms with Gasteiger partial charge in [-0.25, -0.2) is 14.4 Å². The smallest absolute Gasteiger partial charge is 0.307 e. The Labute approximate surface area is 196 Å². The Balaban J connectivity index is 1.34. The number of carbonyl (C=O) groups is 2. The van der Waals surface area contributed by atoms with Gasteiger partial charge in [-0.3, -0.25) is 9.59 Å². The maximum Gasteiger partial charge on any atom is 0.307 e. The topological polar surface area (TPSA) is 105 Å². The fourth-order valence-electron chi connectivity index (χ4n) is 3.41. The number of nitrogens with one attached hydrogen (secondary N) is 1. The number of anilines is 1. The summed E-state index contributed by atoms with van der Waals surface area (Å²) >= 11 is 1.33. The molecule has 2 N–H and O–H groups in total. The summed E-state index contributed by atoms with van der Waals surface area (Å²) in [7, 11) is 0. The second kappa shape index (κ2) is 8.87. The number of fused-ring (bicyclic) bond motifs is 1. The Morgan fingerprint density at radius 3 is 2.59 bits per heavy atom. The summed E-state index contributed by atoms with van der Waals surface area (Å²) in [5.41, 5.74) is 3.00. The van der Waals surface area contributed by atoms with E-state index in [-0.39, 0.29) is 23.7 Å². The van der Waals surface area contributed by atoms with Gasteiger partial charge in [-0.1, -0.05) is 36.4 Å². The summed E-state index contributed by atoms with van der Waals surface area (Å²) in [6, 6.07) is 18.6. The van der Waals surface area contributed by atoms with Gasteiger partial charge < -0.3 is 14.8 Å². The molecule has 7 nitrogen and oxygen atoms in total. The van der Waals surface area contributed by atoms with Crippen LogP contribution in [0.5, 0.6) is 0 Å². The van der Waals surface area contributed by atoms with Crippen molar-refractivity contribution >= 4 is 40.0 Å². The highest BCUT2D eigenvalue weighted by atomic mass is 32.1. The van der Waals surface area contributed by atoms with Crippen LogP contribution >= 0.6 is 11.3 Å². The van der Waals surface area contributed by atoms with Crippen molar-refractivity contribution in [2.75, 3.05) is 5.32 Å². The number of carboxylic acid groups (broad SMARTS) is 1. The summed E-state index contributed by atoms with van der Waals surface area (Å²) in [6.07, 6.45) is -0.132. The number of halogens is 1. The van der Waals surface area contributed by atoms with Crippen LogP contribution in [-0.4, -0.2) is 27.0 Å². The summed E-state index contributed by atoms with van der Waals surface area (Å²) in [4.78, 5) is 32.2. The molecule has 0 atom stereocenters. The molecule has 0 radical (unpaired) electrons. The number of rotatable bonds is 6. The van der Waals surface area contributed by atoms with E-state index in [1.165, 1.54) is 23.5 Å². The lowest BCUT2D eigenvalue weighted by Gasteiger charge is -2.06. The van der Waals surface area contributed by atoms with Crippen LogP contribution in [0.1, 0.15) is 16.1 Å². The Morgan fingerprint density at radius 1 is 1.00 bits per heavy atom. The van der Waals surface area contributed by atoms with Gasteiger partial charge in [0.15, 0.2) is 5.58 Å². The highest BCUT2D eigenvalue weighted by Crippen LogP contribution is 2.29. The minimum Gasteiger partial charge on any atom is -0.481 e. The number of thiazole rings is 1. The second-order valence-corrected chi connectivity index (χ2v) is 8.30. The number of nitrogens with zero attached hydrogens (tertiary/aromatic N) is 2. The first kappa shape index (κ1) is 21.5. The monoisotopic (exact) mass is 473 g/mol. The third kappa shape index (κ3) is 4.41. The maximum atomic E-state index is 14.8. The number of hydrogen-bond donors (Lipinski definition) is 2. The summed E-state index contributed by atoms with van der Waals surface area (Å²) in [5.74, 6) is -1.93. The lowest BCUT2D eigenvalue weighted by atomic mass is 10.1. The van der Waals surface area contributed by atoms with Crippen LogP contribution in [0.15, 0.2) is 76.5 Å². The normalized spacial score (nSPS) is 11.0. The molecule has 0 saturated carbocycles. The number of benzene rings is 3. The SMILES string of the molecule is O=C(O)Cc1ccc2oc(-c3ccc(NC(=O)c4csc(-c5ccccc5)n4)c(F)c3)nc2c1. The van der Waals surface area contributed by atoms with Crippen molar-refractivity contribution in [2.24, 2.45) is 0 Å². The first-order chi connectivity index (χ1) is 16.5. The molecule has 0 fully saturated rings. The maximum absolute atomic E-state index is 14.8. The van der Waals surface area contributed by atoms with Gasteiger partial charge >= 0.3 is 5.97 Å². The van der Waals surface area contributed by atoms with E-state index < -0.39 is 17.7 Å². The molecule has 34 heavy (non-hydrogen) atoms. The van der Waals surface area contributed by atoms with Crippen molar-refractivity contribution in [3.8, 4) is 22.0 Å². The lowest BCUT2D eigenvalue weighted by Crippen LogP contribution is -2.13. The molecule has 0 aliphatic carbocycles. The Kier molecular flexibility index (Phi) is 5.60. The largest absolute Gasteiger partial charge is 0.481 e. The fourth-order valence-corrected chi connectivity index (χ4v) is 4.21. The van der Waals surface area contributed by atoms with Crippen LogP contribution in [0.2, 0.25) is 0 Å². The first-order valence-electron chi connectivity index (χ1n) is 10.2. The molecule has 2 heterocycles. The van der Waals surface area contributed by atoms with Gasteiger partial charge in [-0.05, 0) is 35.9 Å². The summed E-state index contributed by atoms with van der Waals surface area (Å²) in [5, 5.41) is 13.8. The highest BCUT2D eigenvalue weighted by Gasteiger charge is 2.16. The van der Waals surface area contributed by atoms with E-state index in [4.69, 9.17) is 9.52 Å². The molecular weight excluding hydrogens is 457 g/mol. The predicted molar refractivity (Wildman–Crippen MR) is 126 cm³/mol. The Bertz CT molecular complexity index is 1530. The standard InChI is InChI=1S/C25H16FN3O4S/c26-17-12-16(24-28-19-10-14(11-22(30)31)6-9-21(19)33-24)7-8-18(17)27-23(32)20-13-34-25(29-20)15-4-2-1-3-5-15/h1-10,12-13H,11H2,(H,27,32)(H,30,31). The van der Waals surface area contributed by atoms with Gasteiger partial charge in [-0.2, -0.15) is 0 Å². The average Bonchev–Trinajstić information content (AvgIpc) is 3.48. The average molecular weight is 473 g/mol. The molecule has 1 amide bonds. The highest BCUT2D eigenvalue weighted by molar-refractivity contribution is 7.13. The van der Waals surface area contributed by atoms with Crippen molar-refractivity contribution in [3.05, 3.63) is 89.2 Å².